The maximum Gasteiger partial charge on any atom is 0.433 e. The van der Waals surface area contributed by atoms with Crippen LogP contribution in [0.5, 0.6) is 5.88 Å². The number of aliphatic hydroxyl groups excluding tert-OH is 1. The zero-order chi connectivity index (χ0) is 26.9. The number of nitrogens with one attached hydrogen (secondary N) is 1. The van der Waals surface area contributed by atoms with E-state index in [-0.39, 0.29) is 24.2 Å². The van der Waals surface area contributed by atoms with Gasteiger partial charge in [0.25, 0.3) is 0 Å². The molecule has 3 heterocycles. The molecule has 1 aliphatic carbocycles. The van der Waals surface area contributed by atoms with Crippen molar-refractivity contribution in [3.8, 4) is 5.88 Å². The molecule has 38 heavy (non-hydrogen) atoms. The van der Waals surface area contributed by atoms with Gasteiger partial charge in [-0.3, -0.25) is 4.98 Å². The Kier molecular flexibility index (Phi) is 6.72. The van der Waals surface area contributed by atoms with Gasteiger partial charge in [-0.15, -0.1) is 10.2 Å². The quantitative estimate of drug-likeness (QED) is 0.316. The number of ether oxygens (including phenoxy) is 1. The Bertz CT molecular complexity index is 1290. The predicted octanol–water partition coefficient (Wildman–Crippen LogP) is 4.86. The topological polar surface area (TPSA) is 86.6 Å². The molecule has 5 rings (SSSR count). The van der Waals surface area contributed by atoms with Crippen LogP contribution < -0.4 is 15.0 Å². The zero-order valence-corrected chi connectivity index (χ0v) is 20.4. The summed E-state index contributed by atoms with van der Waals surface area (Å²) in [5.74, 6) is 0.428. The smallest absolute Gasteiger partial charge is 0.433 e. The van der Waals surface area contributed by atoms with Crippen LogP contribution in [0, 0.1) is 5.82 Å². The van der Waals surface area contributed by atoms with Crippen molar-refractivity contribution in [3.05, 3.63) is 83.8 Å². The molecule has 0 radical (unpaired) electrons. The van der Waals surface area contributed by atoms with Gasteiger partial charge in [-0.25, -0.2) is 4.39 Å². The van der Waals surface area contributed by atoms with Crippen LogP contribution in [0.2, 0.25) is 0 Å². The highest BCUT2D eigenvalue weighted by Crippen LogP contribution is 2.48. The number of halogens is 4. The van der Waals surface area contributed by atoms with E-state index in [1.54, 1.807) is 29.2 Å². The largest absolute Gasteiger partial charge is 0.495 e. The minimum Gasteiger partial charge on any atom is -0.495 e. The number of aromatic nitrogens is 3. The second-order valence-corrected chi connectivity index (χ2v) is 9.36. The van der Waals surface area contributed by atoms with E-state index in [2.05, 4.69) is 27.1 Å². The second-order valence-electron chi connectivity index (χ2n) is 9.36. The third kappa shape index (κ3) is 5.58. The minimum absolute atomic E-state index is 0.00798. The van der Waals surface area contributed by atoms with Crippen molar-refractivity contribution < 1.29 is 27.4 Å². The van der Waals surface area contributed by atoms with E-state index < -0.39 is 17.4 Å². The van der Waals surface area contributed by atoms with Crippen LogP contribution >= 0.6 is 0 Å². The molecule has 2 aliphatic rings. The average molecular weight is 531 g/mol. The lowest BCUT2D eigenvalue weighted by Crippen LogP contribution is -2.46. The molecule has 1 saturated heterocycles. The van der Waals surface area contributed by atoms with Crippen LogP contribution in [0.1, 0.15) is 29.7 Å². The van der Waals surface area contributed by atoms with Crippen LogP contribution in [0.3, 0.4) is 0 Å². The van der Waals surface area contributed by atoms with Gasteiger partial charge in [0.05, 0.1) is 11.2 Å². The van der Waals surface area contributed by atoms with E-state index in [1.165, 1.54) is 6.07 Å². The van der Waals surface area contributed by atoms with Gasteiger partial charge in [0.15, 0.2) is 5.88 Å². The Hall–Kier alpha value is -4.09. The van der Waals surface area contributed by atoms with Gasteiger partial charge in [0.1, 0.15) is 23.9 Å². The molecule has 12 heteroatoms. The molecule has 0 bridgehead atoms. The first-order chi connectivity index (χ1) is 18.1. The third-order valence-electron chi connectivity index (χ3n) is 6.74. The summed E-state index contributed by atoms with van der Waals surface area (Å²) in [5.41, 5.74) is 0.406. The maximum atomic E-state index is 15.1. The Labute approximate surface area is 216 Å². The summed E-state index contributed by atoms with van der Waals surface area (Å²) in [7, 11) is 0. The number of alkyl halides is 3. The Morgan fingerprint density at radius 2 is 1.82 bits per heavy atom. The summed E-state index contributed by atoms with van der Waals surface area (Å²) in [6.07, 6.45) is -1.76. The lowest BCUT2D eigenvalue weighted by atomic mass is 10.0. The lowest BCUT2D eigenvalue weighted by Gasteiger charge is -2.36. The fourth-order valence-corrected chi connectivity index (χ4v) is 4.42. The van der Waals surface area contributed by atoms with Gasteiger partial charge < -0.3 is 25.0 Å². The molecule has 2 N–H and O–H groups in total. The van der Waals surface area contributed by atoms with Gasteiger partial charge in [0, 0.05) is 44.0 Å². The van der Waals surface area contributed by atoms with E-state index in [0.29, 0.717) is 43.2 Å². The van der Waals surface area contributed by atoms with Crippen LogP contribution in [0.15, 0.2) is 61.1 Å². The summed E-state index contributed by atoms with van der Waals surface area (Å²) in [4.78, 5) is 7.12. The fourth-order valence-electron chi connectivity index (χ4n) is 4.42. The SMILES string of the molecule is C=C(O)N1CCN(c2ccc(C3(Nc4ccc(OCc5ccc(C(F)(F)F)nc5)nn4)CC3)cc2F)CC1. The number of piperazine rings is 1. The van der Waals surface area contributed by atoms with Gasteiger partial charge in [-0.2, -0.15) is 13.2 Å². The first-order valence-electron chi connectivity index (χ1n) is 12.1. The molecule has 8 nitrogen and oxygen atoms in total. The standard InChI is InChI=1S/C26H26F4N6O2/c1-17(37)35-10-12-36(13-11-35)21-4-3-19(14-20(21)27)25(8-9-25)32-23-6-7-24(34-33-23)38-16-18-2-5-22(31-15-18)26(28,29)30/h2-7,14-15,37H,1,8-13,16H2,(H,32,33). The molecular formula is C26H26F4N6O2. The molecule has 0 amide bonds. The summed E-state index contributed by atoms with van der Waals surface area (Å²) in [6.45, 7) is 5.84. The average Bonchev–Trinajstić information content (AvgIpc) is 3.68. The maximum absolute atomic E-state index is 15.1. The molecule has 1 aromatic carbocycles. The van der Waals surface area contributed by atoms with Crippen molar-refractivity contribution in [1.29, 1.82) is 0 Å². The van der Waals surface area contributed by atoms with Gasteiger partial charge in [-0.05, 0) is 49.2 Å². The highest BCUT2D eigenvalue weighted by molar-refractivity contribution is 5.54. The van der Waals surface area contributed by atoms with Crippen molar-refractivity contribution in [3.63, 3.8) is 0 Å². The summed E-state index contributed by atoms with van der Waals surface area (Å²) < 4.78 is 58.5. The number of nitrogens with zero attached hydrogens (tertiary/aromatic N) is 5. The van der Waals surface area contributed by atoms with Crippen LogP contribution in [-0.4, -0.2) is 51.4 Å². The van der Waals surface area contributed by atoms with Crippen LogP contribution in [0.25, 0.3) is 0 Å². The van der Waals surface area contributed by atoms with E-state index in [1.807, 2.05) is 11.0 Å². The molecule has 200 valence electrons. The predicted molar refractivity (Wildman–Crippen MR) is 132 cm³/mol. The van der Waals surface area contributed by atoms with Gasteiger partial charge in [0.2, 0.25) is 5.88 Å². The molecule has 2 fully saturated rings. The number of rotatable bonds is 8. The van der Waals surface area contributed by atoms with Crippen molar-refractivity contribution in [2.24, 2.45) is 0 Å². The van der Waals surface area contributed by atoms with E-state index in [4.69, 9.17) is 4.74 Å². The summed E-state index contributed by atoms with van der Waals surface area (Å²) in [6, 6.07) is 10.7. The number of benzene rings is 1. The molecule has 3 aromatic rings. The second kappa shape index (κ2) is 9.99. The highest BCUT2D eigenvalue weighted by atomic mass is 19.4. The number of aliphatic hydroxyl groups is 1. The van der Waals surface area contributed by atoms with Crippen molar-refractivity contribution in [1.82, 2.24) is 20.1 Å². The number of anilines is 2. The highest BCUT2D eigenvalue weighted by Gasteiger charge is 2.45. The van der Waals surface area contributed by atoms with Crippen LogP contribution in [0.4, 0.5) is 29.1 Å². The first-order valence-corrected chi connectivity index (χ1v) is 12.1. The van der Waals surface area contributed by atoms with E-state index >= 15 is 4.39 Å². The fraction of sp³-hybridized carbons (Fsp3) is 0.346. The molecule has 1 saturated carbocycles. The molecule has 1 aliphatic heterocycles. The summed E-state index contributed by atoms with van der Waals surface area (Å²) >= 11 is 0. The molecule has 0 unspecified atom stereocenters. The molecular weight excluding hydrogens is 504 g/mol. The van der Waals surface area contributed by atoms with Crippen LogP contribution in [-0.2, 0) is 18.3 Å². The Morgan fingerprint density at radius 3 is 2.37 bits per heavy atom. The minimum atomic E-state index is -4.49. The number of hydrogen-bond donors (Lipinski definition) is 2. The van der Waals surface area contributed by atoms with Crippen molar-refractivity contribution in [2.75, 3.05) is 36.4 Å². The Balaban J connectivity index is 1.18. The molecule has 0 spiro atoms. The molecule has 0 atom stereocenters. The molecule has 2 aromatic heterocycles. The zero-order valence-electron chi connectivity index (χ0n) is 20.4. The van der Waals surface area contributed by atoms with Gasteiger partial charge in [-0.1, -0.05) is 12.1 Å². The normalized spacial score (nSPS) is 16.7. The van der Waals surface area contributed by atoms with E-state index in [9.17, 15) is 18.3 Å². The van der Waals surface area contributed by atoms with Crippen molar-refractivity contribution in [2.45, 2.75) is 31.2 Å². The Morgan fingerprint density at radius 1 is 1.05 bits per heavy atom. The van der Waals surface area contributed by atoms with E-state index in [0.717, 1.165) is 30.7 Å². The number of hydrogen-bond acceptors (Lipinski definition) is 8. The monoisotopic (exact) mass is 530 g/mol. The first kappa shape index (κ1) is 25.6. The number of pyridine rings is 1. The summed E-state index contributed by atoms with van der Waals surface area (Å²) in [5, 5.41) is 21.0. The third-order valence-corrected chi connectivity index (χ3v) is 6.74. The lowest BCUT2D eigenvalue weighted by molar-refractivity contribution is -0.141. The van der Waals surface area contributed by atoms with Gasteiger partial charge >= 0.3 is 6.18 Å². The van der Waals surface area contributed by atoms with Crippen molar-refractivity contribution >= 4 is 11.5 Å².